The highest BCUT2D eigenvalue weighted by atomic mass is 35.5. The van der Waals surface area contributed by atoms with E-state index in [-0.39, 0.29) is 5.78 Å². The molecule has 0 bridgehead atoms. The van der Waals surface area contributed by atoms with Crippen molar-refractivity contribution in [2.45, 2.75) is 31.7 Å². The number of anilines is 1. The van der Waals surface area contributed by atoms with Crippen molar-refractivity contribution in [1.82, 2.24) is 9.88 Å². The Labute approximate surface area is 181 Å². The highest BCUT2D eigenvalue weighted by molar-refractivity contribution is 6.33. The van der Waals surface area contributed by atoms with Crippen LogP contribution in [0.1, 0.15) is 41.6 Å². The molecule has 0 radical (unpaired) electrons. The molecule has 30 heavy (non-hydrogen) atoms. The largest absolute Gasteiger partial charge is 0.353 e. The number of nitrogens with zero attached hydrogens (tertiary/aromatic N) is 3. The monoisotopic (exact) mass is 417 g/mol. The second kappa shape index (κ2) is 7.07. The van der Waals surface area contributed by atoms with Crippen LogP contribution in [0, 0.1) is 0 Å². The van der Waals surface area contributed by atoms with Crippen molar-refractivity contribution in [2.24, 2.45) is 0 Å². The Bertz CT molecular complexity index is 1160. The van der Waals surface area contributed by atoms with Crippen LogP contribution in [0.2, 0.25) is 5.02 Å². The molecule has 2 fully saturated rings. The molecule has 1 saturated carbocycles. The zero-order valence-electron chi connectivity index (χ0n) is 16.9. The van der Waals surface area contributed by atoms with Gasteiger partial charge in [-0.15, -0.1) is 0 Å². The minimum absolute atomic E-state index is 0.0620. The van der Waals surface area contributed by atoms with Gasteiger partial charge in [0, 0.05) is 59.3 Å². The number of aromatic nitrogens is 1. The lowest BCUT2D eigenvalue weighted by Crippen LogP contribution is -2.50. The number of carbonyl (C=O) groups is 1. The topological polar surface area (TPSA) is 36.4 Å². The van der Waals surface area contributed by atoms with Gasteiger partial charge in [0.15, 0.2) is 5.78 Å². The van der Waals surface area contributed by atoms with Crippen molar-refractivity contribution in [3.8, 4) is 11.1 Å². The normalized spacial score (nSPS) is 19.5. The van der Waals surface area contributed by atoms with Crippen LogP contribution in [0.25, 0.3) is 22.0 Å². The first-order valence-corrected chi connectivity index (χ1v) is 11.3. The van der Waals surface area contributed by atoms with Gasteiger partial charge >= 0.3 is 0 Å². The van der Waals surface area contributed by atoms with Gasteiger partial charge in [-0.3, -0.25) is 9.69 Å². The van der Waals surface area contributed by atoms with Gasteiger partial charge in [0.05, 0.1) is 5.52 Å². The number of benzene rings is 2. The molecule has 0 amide bonds. The number of pyridine rings is 1. The van der Waals surface area contributed by atoms with Crippen molar-refractivity contribution in [2.75, 3.05) is 31.1 Å². The summed E-state index contributed by atoms with van der Waals surface area (Å²) >= 11 is 6.23. The van der Waals surface area contributed by atoms with Crippen LogP contribution in [-0.2, 0) is 0 Å². The van der Waals surface area contributed by atoms with Crippen LogP contribution in [0.4, 0.5) is 5.82 Å². The Balaban J connectivity index is 1.45. The van der Waals surface area contributed by atoms with Crippen molar-refractivity contribution in [3.05, 3.63) is 58.6 Å². The molecule has 0 atom stereocenters. The Hall–Kier alpha value is -2.43. The molecule has 6 rings (SSSR count). The lowest BCUT2D eigenvalue weighted by atomic mass is 10.0. The molecule has 2 heterocycles. The average molecular weight is 418 g/mol. The van der Waals surface area contributed by atoms with Crippen LogP contribution >= 0.6 is 11.6 Å². The summed E-state index contributed by atoms with van der Waals surface area (Å²) in [6, 6.07) is 14.4. The maximum absolute atomic E-state index is 13.4. The van der Waals surface area contributed by atoms with Crippen LogP contribution in [0.15, 0.2) is 42.5 Å². The molecule has 152 valence electrons. The number of ketones is 1. The maximum atomic E-state index is 13.4. The standard InChI is InChI=1S/C25H24ClN3O/c26-16-9-10-18-20(15-16)24(30)22-19-7-3-4-8-21(19)27-25(23(18)22)29-13-11-28(12-14-29)17-5-1-2-6-17/h3-4,7-10,15,17H,1-2,5-6,11-14H2. The van der Waals surface area contributed by atoms with Gasteiger partial charge in [-0.1, -0.05) is 48.7 Å². The van der Waals surface area contributed by atoms with Crippen molar-refractivity contribution in [3.63, 3.8) is 0 Å². The van der Waals surface area contributed by atoms with E-state index in [1.807, 2.05) is 36.4 Å². The molecular weight excluding hydrogens is 394 g/mol. The van der Waals surface area contributed by atoms with Gasteiger partial charge < -0.3 is 4.90 Å². The first-order valence-electron chi connectivity index (χ1n) is 11.0. The van der Waals surface area contributed by atoms with Crippen LogP contribution in [0.5, 0.6) is 0 Å². The Morgan fingerprint density at radius 2 is 1.67 bits per heavy atom. The number of hydrogen-bond donors (Lipinski definition) is 0. The number of rotatable bonds is 2. The molecule has 5 heteroatoms. The summed E-state index contributed by atoms with van der Waals surface area (Å²) in [6.07, 6.45) is 5.41. The fourth-order valence-electron chi connectivity index (χ4n) is 5.54. The number of para-hydroxylation sites is 1. The average Bonchev–Trinajstić information content (AvgIpc) is 3.41. The number of halogens is 1. The zero-order valence-corrected chi connectivity index (χ0v) is 17.7. The molecule has 0 unspecified atom stereocenters. The van der Waals surface area contributed by atoms with Crippen molar-refractivity contribution >= 4 is 34.1 Å². The van der Waals surface area contributed by atoms with E-state index in [1.54, 1.807) is 6.07 Å². The number of carbonyl (C=O) groups excluding carboxylic acids is 1. The predicted molar refractivity (Wildman–Crippen MR) is 122 cm³/mol. The predicted octanol–water partition coefficient (Wildman–Crippen LogP) is 5.16. The summed E-state index contributed by atoms with van der Waals surface area (Å²) < 4.78 is 0. The second-order valence-electron chi connectivity index (χ2n) is 8.68. The number of piperazine rings is 1. The van der Waals surface area contributed by atoms with Crippen LogP contribution in [-0.4, -0.2) is 47.9 Å². The molecule has 4 nitrogen and oxygen atoms in total. The minimum Gasteiger partial charge on any atom is -0.353 e. The Morgan fingerprint density at radius 3 is 2.47 bits per heavy atom. The van der Waals surface area contributed by atoms with E-state index in [9.17, 15) is 4.79 Å². The molecule has 2 aromatic carbocycles. The summed E-state index contributed by atoms with van der Waals surface area (Å²) in [5, 5.41) is 1.53. The molecule has 1 aromatic heterocycles. The van der Waals surface area contributed by atoms with Gasteiger partial charge in [-0.2, -0.15) is 0 Å². The molecular formula is C25H24ClN3O. The lowest BCUT2D eigenvalue weighted by Gasteiger charge is -2.39. The summed E-state index contributed by atoms with van der Waals surface area (Å²) in [6.45, 7) is 4.03. The molecule has 3 aromatic rings. The molecule has 0 spiro atoms. The molecule has 3 aliphatic rings. The third-order valence-corrected chi connectivity index (χ3v) is 7.29. The SMILES string of the molecule is O=C1c2cc(Cl)ccc2-c2c(N3CCN(C4CCCC4)CC3)nc3ccccc3c21. The Kier molecular flexibility index (Phi) is 4.32. The molecule has 1 aliphatic heterocycles. The van der Waals surface area contributed by atoms with Crippen LogP contribution in [0.3, 0.4) is 0 Å². The zero-order chi connectivity index (χ0) is 20.2. The van der Waals surface area contributed by atoms with E-state index in [0.29, 0.717) is 10.6 Å². The molecule has 1 saturated heterocycles. The fourth-order valence-corrected chi connectivity index (χ4v) is 5.72. The maximum Gasteiger partial charge on any atom is 0.195 e. The third-order valence-electron chi connectivity index (χ3n) is 7.05. The minimum atomic E-state index is 0.0620. The number of hydrogen-bond acceptors (Lipinski definition) is 4. The van der Waals surface area contributed by atoms with Crippen LogP contribution < -0.4 is 4.90 Å². The quantitative estimate of drug-likeness (QED) is 0.451. The molecule has 0 N–H and O–H groups in total. The van der Waals surface area contributed by atoms with E-state index in [0.717, 1.165) is 65.6 Å². The third kappa shape index (κ3) is 2.78. The highest BCUT2D eigenvalue weighted by Crippen LogP contribution is 2.46. The van der Waals surface area contributed by atoms with E-state index < -0.39 is 0 Å². The number of fused-ring (bicyclic) bond motifs is 5. The van der Waals surface area contributed by atoms with E-state index in [4.69, 9.17) is 16.6 Å². The van der Waals surface area contributed by atoms with E-state index >= 15 is 0 Å². The fraction of sp³-hybridized carbons (Fsp3) is 0.360. The first kappa shape index (κ1) is 18.3. The van der Waals surface area contributed by atoms with Gasteiger partial charge in [0.25, 0.3) is 0 Å². The van der Waals surface area contributed by atoms with Gasteiger partial charge in [-0.25, -0.2) is 4.98 Å². The lowest BCUT2D eigenvalue weighted by molar-refractivity contribution is 0.104. The van der Waals surface area contributed by atoms with Gasteiger partial charge in [-0.05, 0) is 36.6 Å². The second-order valence-corrected chi connectivity index (χ2v) is 9.12. The van der Waals surface area contributed by atoms with Gasteiger partial charge in [0.1, 0.15) is 5.82 Å². The molecule has 2 aliphatic carbocycles. The first-order chi connectivity index (χ1) is 14.7. The van der Waals surface area contributed by atoms with Gasteiger partial charge in [0.2, 0.25) is 0 Å². The van der Waals surface area contributed by atoms with E-state index in [1.165, 1.54) is 25.7 Å². The summed E-state index contributed by atoms with van der Waals surface area (Å²) in [5.74, 6) is 1.01. The summed E-state index contributed by atoms with van der Waals surface area (Å²) in [5.41, 5.74) is 4.31. The van der Waals surface area contributed by atoms with Crippen molar-refractivity contribution < 1.29 is 4.79 Å². The van der Waals surface area contributed by atoms with E-state index in [2.05, 4.69) is 9.80 Å². The Morgan fingerprint density at radius 1 is 0.900 bits per heavy atom. The van der Waals surface area contributed by atoms with Crippen molar-refractivity contribution in [1.29, 1.82) is 0 Å². The highest BCUT2D eigenvalue weighted by Gasteiger charge is 2.35. The smallest absolute Gasteiger partial charge is 0.195 e. The summed E-state index contributed by atoms with van der Waals surface area (Å²) in [4.78, 5) is 23.5. The summed E-state index contributed by atoms with van der Waals surface area (Å²) in [7, 11) is 0.